The Morgan fingerprint density at radius 1 is 1.23 bits per heavy atom. The number of fused-ring (bicyclic) bond motifs is 1. The standard InChI is InChI=1S/C18H18N3S/c1-3-14(13-21-9-7-19-8-10-21)11-15(4-1)18-12-16-17(22-18)5-2-6-20-16/h1-4,6,11-12,19H,7-10,13H2. The second kappa shape index (κ2) is 6.16. The van der Waals surface area contributed by atoms with Crippen molar-refractivity contribution in [2.75, 3.05) is 26.2 Å². The summed E-state index contributed by atoms with van der Waals surface area (Å²) < 4.78 is 1.13. The number of pyridine rings is 1. The zero-order chi connectivity index (χ0) is 14.8. The smallest absolute Gasteiger partial charge is 0.0822 e. The fraction of sp³-hybridized carbons (Fsp3) is 0.278. The minimum atomic E-state index is 1.03. The molecule has 1 aliphatic rings. The SMILES string of the molecule is [c]1ccnc2cc(-c3cccc(CN4CCNCC4)c3)sc12. The quantitative estimate of drug-likeness (QED) is 0.805. The van der Waals surface area contributed by atoms with Gasteiger partial charge in [-0.25, -0.2) is 0 Å². The summed E-state index contributed by atoms with van der Waals surface area (Å²) in [5, 5.41) is 3.40. The molecule has 0 bridgehead atoms. The summed E-state index contributed by atoms with van der Waals surface area (Å²) in [6.07, 6.45) is 1.81. The lowest BCUT2D eigenvalue weighted by molar-refractivity contribution is 0.233. The maximum Gasteiger partial charge on any atom is 0.0822 e. The molecule has 22 heavy (non-hydrogen) atoms. The maximum absolute atomic E-state index is 4.41. The Hall–Kier alpha value is -1.75. The average Bonchev–Trinajstić information content (AvgIpc) is 3.00. The Bertz CT molecular complexity index is 742. The van der Waals surface area contributed by atoms with E-state index >= 15 is 0 Å². The van der Waals surface area contributed by atoms with E-state index in [2.05, 4.69) is 51.6 Å². The number of piperazine rings is 1. The van der Waals surface area contributed by atoms with Gasteiger partial charge in [0.15, 0.2) is 0 Å². The average molecular weight is 308 g/mol. The summed E-state index contributed by atoms with van der Waals surface area (Å²) in [5.74, 6) is 0. The van der Waals surface area contributed by atoms with Crippen molar-refractivity contribution >= 4 is 21.6 Å². The third kappa shape index (κ3) is 2.90. The lowest BCUT2D eigenvalue weighted by atomic mass is 10.1. The molecule has 0 unspecified atom stereocenters. The van der Waals surface area contributed by atoms with Gasteiger partial charge in [0, 0.05) is 49.9 Å². The van der Waals surface area contributed by atoms with Crippen LogP contribution in [0.15, 0.2) is 42.6 Å². The lowest BCUT2D eigenvalue weighted by Crippen LogP contribution is -2.42. The molecule has 4 heteroatoms. The van der Waals surface area contributed by atoms with Crippen molar-refractivity contribution in [2.45, 2.75) is 6.54 Å². The van der Waals surface area contributed by atoms with Gasteiger partial charge in [-0.05, 0) is 29.3 Å². The number of aromatic nitrogens is 1. The van der Waals surface area contributed by atoms with E-state index in [0.717, 1.165) is 42.9 Å². The Labute approximate surface area is 134 Å². The molecule has 3 aromatic rings. The van der Waals surface area contributed by atoms with E-state index in [0.29, 0.717) is 0 Å². The fourth-order valence-electron chi connectivity index (χ4n) is 2.90. The van der Waals surface area contributed by atoms with E-state index in [1.54, 1.807) is 17.5 Å². The Morgan fingerprint density at radius 2 is 2.14 bits per heavy atom. The summed E-state index contributed by atoms with van der Waals surface area (Å²) in [7, 11) is 0. The zero-order valence-electron chi connectivity index (χ0n) is 12.4. The molecule has 4 rings (SSSR count). The molecule has 0 amide bonds. The second-order valence-electron chi connectivity index (χ2n) is 5.64. The first kappa shape index (κ1) is 13.9. The van der Waals surface area contributed by atoms with E-state index in [4.69, 9.17) is 0 Å². The van der Waals surface area contributed by atoms with E-state index in [1.165, 1.54) is 16.0 Å². The molecule has 1 radical (unpaired) electrons. The van der Waals surface area contributed by atoms with E-state index < -0.39 is 0 Å². The van der Waals surface area contributed by atoms with Crippen LogP contribution in [-0.2, 0) is 6.54 Å². The van der Waals surface area contributed by atoms with E-state index in [9.17, 15) is 0 Å². The van der Waals surface area contributed by atoms with Crippen LogP contribution < -0.4 is 5.32 Å². The number of rotatable bonds is 3. The number of hydrogen-bond donors (Lipinski definition) is 1. The van der Waals surface area contributed by atoms with Crippen LogP contribution in [0.1, 0.15) is 5.56 Å². The number of thiophene rings is 1. The van der Waals surface area contributed by atoms with Crippen molar-refractivity contribution in [3.63, 3.8) is 0 Å². The van der Waals surface area contributed by atoms with Crippen LogP contribution in [0, 0.1) is 6.07 Å². The topological polar surface area (TPSA) is 28.2 Å². The van der Waals surface area contributed by atoms with Crippen molar-refractivity contribution in [3.05, 3.63) is 54.2 Å². The van der Waals surface area contributed by atoms with Gasteiger partial charge < -0.3 is 5.32 Å². The molecule has 1 aromatic carbocycles. The second-order valence-corrected chi connectivity index (χ2v) is 6.69. The van der Waals surface area contributed by atoms with Crippen LogP contribution >= 0.6 is 11.3 Å². The van der Waals surface area contributed by atoms with Gasteiger partial charge in [0.2, 0.25) is 0 Å². The highest BCUT2D eigenvalue weighted by Crippen LogP contribution is 2.32. The normalized spacial score (nSPS) is 16.2. The highest BCUT2D eigenvalue weighted by atomic mass is 32.1. The number of nitrogens with zero attached hydrogens (tertiary/aromatic N) is 2. The van der Waals surface area contributed by atoms with Gasteiger partial charge in [-0.2, -0.15) is 0 Å². The predicted molar refractivity (Wildman–Crippen MR) is 92.0 cm³/mol. The molecule has 1 saturated heterocycles. The van der Waals surface area contributed by atoms with Gasteiger partial charge in [0.1, 0.15) is 0 Å². The Morgan fingerprint density at radius 3 is 3.00 bits per heavy atom. The molecule has 1 N–H and O–H groups in total. The highest BCUT2D eigenvalue weighted by molar-refractivity contribution is 7.22. The van der Waals surface area contributed by atoms with Gasteiger partial charge in [-0.15, -0.1) is 11.3 Å². The largest absolute Gasteiger partial charge is 0.314 e. The van der Waals surface area contributed by atoms with E-state index in [1.807, 2.05) is 6.07 Å². The van der Waals surface area contributed by atoms with Crippen molar-refractivity contribution in [1.29, 1.82) is 0 Å². The van der Waals surface area contributed by atoms with Crippen LogP contribution in [0.25, 0.3) is 20.7 Å². The van der Waals surface area contributed by atoms with Gasteiger partial charge >= 0.3 is 0 Å². The molecule has 1 aliphatic heterocycles. The number of benzene rings is 1. The molecule has 0 aliphatic carbocycles. The van der Waals surface area contributed by atoms with Crippen molar-refractivity contribution in [3.8, 4) is 10.4 Å². The summed E-state index contributed by atoms with van der Waals surface area (Å²) in [5.41, 5.74) is 3.70. The first-order valence-corrected chi connectivity index (χ1v) is 8.49. The van der Waals surface area contributed by atoms with Crippen molar-refractivity contribution in [1.82, 2.24) is 15.2 Å². The van der Waals surface area contributed by atoms with Gasteiger partial charge in [-0.3, -0.25) is 9.88 Å². The molecule has 0 spiro atoms. The molecule has 3 heterocycles. The monoisotopic (exact) mass is 308 g/mol. The molecule has 111 valence electrons. The zero-order valence-corrected chi connectivity index (χ0v) is 13.2. The summed E-state index contributed by atoms with van der Waals surface area (Å²) >= 11 is 1.76. The lowest BCUT2D eigenvalue weighted by Gasteiger charge is -2.27. The third-order valence-electron chi connectivity index (χ3n) is 4.04. The van der Waals surface area contributed by atoms with Gasteiger partial charge in [0.05, 0.1) is 10.2 Å². The fourth-order valence-corrected chi connectivity index (χ4v) is 3.88. The van der Waals surface area contributed by atoms with E-state index in [-0.39, 0.29) is 0 Å². The highest BCUT2D eigenvalue weighted by Gasteiger charge is 2.11. The predicted octanol–water partition coefficient (Wildman–Crippen LogP) is 3.17. The summed E-state index contributed by atoms with van der Waals surface area (Å²) in [6, 6.07) is 16.2. The molecule has 1 fully saturated rings. The molecule has 0 saturated carbocycles. The Balaban J connectivity index is 1.60. The van der Waals surface area contributed by atoms with Gasteiger partial charge in [0.25, 0.3) is 0 Å². The molecule has 2 aromatic heterocycles. The summed E-state index contributed by atoms with van der Waals surface area (Å²) in [6.45, 7) is 5.48. The van der Waals surface area contributed by atoms with Crippen LogP contribution in [0.3, 0.4) is 0 Å². The summed E-state index contributed by atoms with van der Waals surface area (Å²) in [4.78, 5) is 8.19. The third-order valence-corrected chi connectivity index (χ3v) is 5.15. The maximum atomic E-state index is 4.41. The van der Waals surface area contributed by atoms with Crippen LogP contribution in [0.4, 0.5) is 0 Å². The van der Waals surface area contributed by atoms with Crippen LogP contribution in [0.5, 0.6) is 0 Å². The number of hydrogen-bond acceptors (Lipinski definition) is 4. The minimum absolute atomic E-state index is 1.03. The molecule has 0 atom stereocenters. The first-order valence-electron chi connectivity index (χ1n) is 7.67. The van der Waals surface area contributed by atoms with Crippen molar-refractivity contribution < 1.29 is 0 Å². The van der Waals surface area contributed by atoms with Gasteiger partial charge in [-0.1, -0.05) is 18.2 Å². The molecule has 3 nitrogen and oxygen atoms in total. The molecular formula is C18H18N3S. The Kier molecular flexibility index (Phi) is 3.89. The van der Waals surface area contributed by atoms with Crippen molar-refractivity contribution in [2.24, 2.45) is 0 Å². The van der Waals surface area contributed by atoms with Crippen LogP contribution in [-0.4, -0.2) is 36.1 Å². The molecular weight excluding hydrogens is 290 g/mol. The first-order chi connectivity index (χ1) is 10.9. The number of nitrogens with one attached hydrogen (secondary N) is 1. The minimum Gasteiger partial charge on any atom is -0.314 e. The van der Waals surface area contributed by atoms with Crippen LogP contribution in [0.2, 0.25) is 0 Å².